The number of hydrogen-bond donors (Lipinski definition) is 6. The van der Waals surface area contributed by atoms with Crippen LogP contribution in [0.2, 0.25) is 0 Å². The highest BCUT2D eigenvalue weighted by molar-refractivity contribution is 5.78. The summed E-state index contributed by atoms with van der Waals surface area (Å²) in [5, 5.41) is 16.9. The molecule has 0 saturated carbocycles. The second-order valence-corrected chi connectivity index (χ2v) is 27.1. The molecule has 3 saturated heterocycles. The van der Waals surface area contributed by atoms with Crippen molar-refractivity contribution in [2.24, 2.45) is 5.41 Å². The minimum absolute atomic E-state index is 0.0199. The highest BCUT2D eigenvalue weighted by atomic mass is 16.7. The molecule has 38 heteroatoms. The fourth-order valence-electron chi connectivity index (χ4n) is 11.5. The van der Waals surface area contributed by atoms with Crippen LogP contribution in [0.25, 0.3) is 0 Å². The van der Waals surface area contributed by atoms with Crippen LogP contribution in [0.1, 0.15) is 178 Å². The monoisotopic (exact) mass is 1590 g/mol. The van der Waals surface area contributed by atoms with E-state index in [4.69, 9.17) is 85.3 Å². The summed E-state index contributed by atoms with van der Waals surface area (Å²) in [7, 11) is 1.47. The van der Waals surface area contributed by atoms with Crippen LogP contribution in [0.3, 0.4) is 0 Å². The third-order valence-corrected chi connectivity index (χ3v) is 16.7. The SMILES string of the molecule is CO[C@@H]1C[C@H](OCCCCC(=O)NCCCNC(=O)CCOCC(C)(COCCC(=O)NCCCNC(=O)CCCCO[C@H]2C[C@@H](OC(C)=O)[C@@H](OC(C)=O)[C@@H](COC(C)=O)O2)COCCC(=O)NCCCNC(=O)CCCCO[C@H]2C[C@@H](OC(C)=O)[C@@H](OC(C)=O)[C@@H](COC(C)=O)O2)O[C@H](COC(C)=O)[C@@H]1OC(C)=O. The van der Waals surface area contributed by atoms with E-state index in [9.17, 15) is 67.1 Å². The predicted molar refractivity (Wildman–Crippen MR) is 384 cm³/mol. The van der Waals surface area contributed by atoms with Crippen LogP contribution in [0, 0.1) is 5.41 Å². The van der Waals surface area contributed by atoms with Gasteiger partial charge in [-0.3, -0.25) is 67.1 Å². The summed E-state index contributed by atoms with van der Waals surface area (Å²) in [6.45, 7) is 13.7. The zero-order valence-corrected chi connectivity index (χ0v) is 65.9. The van der Waals surface area contributed by atoms with Crippen LogP contribution < -0.4 is 31.9 Å². The predicted octanol–water partition coefficient (Wildman–Crippen LogP) is 1.35. The third kappa shape index (κ3) is 46.1. The third-order valence-electron chi connectivity index (χ3n) is 16.7. The molecule has 3 aliphatic heterocycles. The first-order valence-corrected chi connectivity index (χ1v) is 37.9. The van der Waals surface area contributed by atoms with Gasteiger partial charge in [0.05, 0.1) is 39.6 Å². The Bertz CT molecular complexity index is 2750. The fraction of sp³-hybridized carbons (Fsp3) is 0.808. The average molecular weight is 1590 g/mol. The van der Waals surface area contributed by atoms with Gasteiger partial charge in [-0.25, -0.2) is 0 Å². The van der Waals surface area contributed by atoms with Crippen molar-refractivity contribution in [3.05, 3.63) is 0 Å². The van der Waals surface area contributed by atoms with Crippen molar-refractivity contribution < 1.29 is 152 Å². The van der Waals surface area contributed by atoms with E-state index in [2.05, 4.69) is 31.9 Å². The van der Waals surface area contributed by atoms with Gasteiger partial charge in [-0.05, 0) is 57.8 Å². The lowest BCUT2D eigenvalue weighted by molar-refractivity contribution is -0.266. The molecule has 3 aliphatic rings. The normalized spacial score (nSPS) is 21.5. The van der Waals surface area contributed by atoms with Crippen molar-refractivity contribution >= 4 is 83.2 Å². The number of unbranched alkanes of at least 4 members (excludes halogenated alkanes) is 3. The van der Waals surface area contributed by atoms with Crippen LogP contribution >= 0.6 is 0 Å². The molecule has 0 spiro atoms. The number of carbonyl (C=O) groups is 14. The highest BCUT2D eigenvalue weighted by Gasteiger charge is 2.47. The molecule has 111 heavy (non-hydrogen) atoms. The Morgan fingerprint density at radius 2 is 0.568 bits per heavy atom. The largest absolute Gasteiger partial charge is 0.463 e. The van der Waals surface area contributed by atoms with Gasteiger partial charge in [0.25, 0.3) is 0 Å². The van der Waals surface area contributed by atoms with Crippen LogP contribution in [-0.4, -0.2) is 283 Å². The van der Waals surface area contributed by atoms with Gasteiger partial charge in [0, 0.05) is 185 Å². The Balaban J connectivity index is 1.38. The molecule has 6 N–H and O–H groups in total. The van der Waals surface area contributed by atoms with Crippen molar-refractivity contribution in [2.75, 3.05) is 126 Å². The van der Waals surface area contributed by atoms with E-state index < -0.39 is 127 Å². The number of rotatable bonds is 57. The first-order valence-electron chi connectivity index (χ1n) is 37.9. The summed E-state index contributed by atoms with van der Waals surface area (Å²) in [6.07, 6.45) is -5.12. The topological polar surface area (TPSA) is 477 Å². The van der Waals surface area contributed by atoms with Gasteiger partial charge in [-0.1, -0.05) is 6.92 Å². The molecule has 3 fully saturated rings. The summed E-state index contributed by atoms with van der Waals surface area (Å²) >= 11 is 0. The Labute approximate surface area is 648 Å². The molecule has 6 amide bonds. The summed E-state index contributed by atoms with van der Waals surface area (Å²) in [6, 6.07) is 0. The van der Waals surface area contributed by atoms with E-state index in [-0.39, 0.29) is 186 Å². The number of carbonyl (C=O) groups excluding carboxylic acids is 14. The molecular formula is C73H120N6O32. The van der Waals surface area contributed by atoms with E-state index in [1.807, 2.05) is 6.92 Å². The summed E-state index contributed by atoms with van der Waals surface area (Å²) < 4.78 is 101. The Morgan fingerprint density at radius 1 is 0.315 bits per heavy atom. The van der Waals surface area contributed by atoms with Crippen LogP contribution in [0.15, 0.2) is 0 Å². The molecule has 3 rings (SSSR count). The van der Waals surface area contributed by atoms with Crippen molar-refractivity contribution in [3.63, 3.8) is 0 Å². The van der Waals surface area contributed by atoms with Crippen LogP contribution in [-0.2, 0) is 152 Å². The number of esters is 8. The van der Waals surface area contributed by atoms with Gasteiger partial charge < -0.3 is 117 Å². The Morgan fingerprint density at radius 3 is 0.820 bits per heavy atom. The maximum atomic E-state index is 12.8. The number of nitrogens with one attached hydrogen (secondary N) is 6. The van der Waals surface area contributed by atoms with Crippen LogP contribution in [0.5, 0.6) is 0 Å². The number of amides is 6. The van der Waals surface area contributed by atoms with Crippen molar-refractivity contribution in [3.8, 4) is 0 Å². The minimum Gasteiger partial charge on any atom is -0.463 e. The lowest BCUT2D eigenvalue weighted by Crippen LogP contribution is -2.54. The van der Waals surface area contributed by atoms with Crippen molar-refractivity contribution in [1.29, 1.82) is 0 Å². The average Bonchev–Trinajstić information content (AvgIpc) is 0.820. The molecule has 0 aromatic carbocycles. The molecule has 38 nitrogen and oxygen atoms in total. The highest BCUT2D eigenvalue weighted by Crippen LogP contribution is 2.31. The van der Waals surface area contributed by atoms with Gasteiger partial charge in [0.15, 0.2) is 37.2 Å². The first kappa shape index (κ1) is 97.4. The zero-order chi connectivity index (χ0) is 81.9. The molecule has 0 aliphatic carbocycles. The van der Waals surface area contributed by atoms with Crippen molar-refractivity contribution in [2.45, 2.75) is 252 Å². The minimum atomic E-state index is -1.03. The van der Waals surface area contributed by atoms with E-state index in [1.165, 1.54) is 62.5 Å². The molecule has 0 aromatic heterocycles. The fourth-order valence-corrected chi connectivity index (χ4v) is 11.5. The zero-order valence-electron chi connectivity index (χ0n) is 65.9. The van der Waals surface area contributed by atoms with E-state index in [0.717, 1.165) is 0 Å². The van der Waals surface area contributed by atoms with E-state index >= 15 is 0 Å². The van der Waals surface area contributed by atoms with Gasteiger partial charge in [0.1, 0.15) is 56.4 Å². The first-order chi connectivity index (χ1) is 52.9. The summed E-state index contributed by atoms with van der Waals surface area (Å²) in [5.41, 5.74) is -0.792. The molecule has 3 heterocycles. The summed E-state index contributed by atoms with van der Waals surface area (Å²) in [4.78, 5) is 170. The van der Waals surface area contributed by atoms with Gasteiger partial charge in [0.2, 0.25) is 35.4 Å². The quantitative estimate of drug-likeness (QED) is 0.0284. The standard InChI is InChI=1S/C73H120N6O32/c1-47(80)101-41-58-70(106-52(6)85)55(94-10)38-67(109-58)98-32-14-11-20-61(88)74-26-17-29-77-64(91)23-35-95-44-73(9,45-96-36-24-65(92)78-30-18-27-75-62(89)21-12-15-33-99-68-39-56(104-50(4)83)71(107-53(7)86)59(110-68)42-102-48(2)81)46-97-37-25-66(93)79-31-19-28-76-63(90)22-13-16-34-100-69-40-57(105-51(5)84)72(108-54(8)87)60(111-69)43-103-49(3)82/h55-60,67-72H,11-46H2,1-10H3,(H,74,88)(H,75,89)(H,76,90)(H,77,91)(H,78,92)(H,79,93)/t55-,56-,57-,58-,59-,60-,67-,68-,69-,70-,71-,72-/m1/s1. The number of methoxy groups -OCH3 is 1. The second-order valence-electron chi connectivity index (χ2n) is 27.1. The second kappa shape index (κ2) is 56.4. The Kier molecular flexibility index (Phi) is 49.5. The maximum absolute atomic E-state index is 12.8. The molecule has 634 valence electrons. The number of hydrogen-bond acceptors (Lipinski definition) is 32. The maximum Gasteiger partial charge on any atom is 0.303 e. The molecule has 0 unspecified atom stereocenters. The van der Waals surface area contributed by atoms with Gasteiger partial charge in [-0.2, -0.15) is 0 Å². The lowest BCUT2D eigenvalue weighted by Gasteiger charge is -2.39. The Hall–Kier alpha value is -7.82. The summed E-state index contributed by atoms with van der Waals surface area (Å²) in [5.74, 6) is -6.16. The number of ether oxygens (including phenoxy) is 18. The van der Waals surface area contributed by atoms with Crippen LogP contribution in [0.4, 0.5) is 0 Å². The molecule has 0 radical (unpaired) electrons. The van der Waals surface area contributed by atoms with Gasteiger partial charge in [-0.15, -0.1) is 0 Å². The molecular weight excluding hydrogens is 1470 g/mol. The molecule has 12 atom stereocenters. The smallest absolute Gasteiger partial charge is 0.303 e. The molecule has 0 bridgehead atoms. The van der Waals surface area contributed by atoms with E-state index in [0.29, 0.717) is 84.0 Å². The molecule has 0 aromatic rings. The van der Waals surface area contributed by atoms with Gasteiger partial charge >= 0.3 is 47.8 Å². The van der Waals surface area contributed by atoms with E-state index in [1.54, 1.807) is 0 Å². The van der Waals surface area contributed by atoms with Crippen molar-refractivity contribution in [1.82, 2.24) is 31.9 Å². The lowest BCUT2D eigenvalue weighted by atomic mass is 9.94.